The summed E-state index contributed by atoms with van der Waals surface area (Å²) < 4.78 is 1.07. The molecule has 2 aromatic rings. The number of benzene rings is 1. The van der Waals surface area contributed by atoms with Gasteiger partial charge in [-0.15, -0.1) is 5.10 Å². The summed E-state index contributed by atoms with van der Waals surface area (Å²) in [6.45, 7) is 5.34. The molecule has 1 aromatic heterocycles. The smallest absolute Gasteiger partial charge is 0.170 e. The third-order valence-corrected chi connectivity index (χ3v) is 4.23. The molecule has 0 radical (unpaired) electrons. The van der Waals surface area contributed by atoms with Gasteiger partial charge in [0, 0.05) is 17.6 Å². The van der Waals surface area contributed by atoms with Crippen LogP contribution in [0.3, 0.4) is 0 Å². The summed E-state index contributed by atoms with van der Waals surface area (Å²) in [5, 5.41) is 17.8. The van der Waals surface area contributed by atoms with Crippen LogP contribution in [0.15, 0.2) is 22.7 Å². The summed E-state index contributed by atoms with van der Waals surface area (Å²) in [6, 6.07) is 8.54. The van der Waals surface area contributed by atoms with Crippen LogP contribution in [0.4, 0.5) is 5.82 Å². The standard InChI is InChI=1S/C15H13BrN4/c1-9-10(2)18-19-15(14(9)6-17)20-7-11-3-4-13(16)5-12(11)8-20/h3-5H,7-8H2,1-2H3. The lowest BCUT2D eigenvalue weighted by Gasteiger charge is -2.18. The van der Waals surface area contributed by atoms with Crippen molar-refractivity contribution in [3.63, 3.8) is 0 Å². The highest BCUT2D eigenvalue weighted by atomic mass is 79.9. The van der Waals surface area contributed by atoms with Gasteiger partial charge in [-0.3, -0.25) is 0 Å². The average Bonchev–Trinajstić information content (AvgIpc) is 2.84. The van der Waals surface area contributed by atoms with E-state index < -0.39 is 0 Å². The quantitative estimate of drug-likeness (QED) is 0.806. The van der Waals surface area contributed by atoms with E-state index in [-0.39, 0.29) is 0 Å². The highest BCUT2D eigenvalue weighted by Gasteiger charge is 2.24. The first kappa shape index (κ1) is 13.1. The normalized spacial score (nSPS) is 13.2. The molecule has 0 fully saturated rings. The molecule has 0 saturated heterocycles. The molecule has 0 atom stereocenters. The van der Waals surface area contributed by atoms with E-state index in [1.165, 1.54) is 11.1 Å². The van der Waals surface area contributed by atoms with Crippen LogP contribution in [0.1, 0.15) is 27.9 Å². The number of hydrogen-bond donors (Lipinski definition) is 0. The molecule has 0 unspecified atom stereocenters. The maximum atomic E-state index is 9.39. The molecule has 1 aliphatic heterocycles. The topological polar surface area (TPSA) is 52.8 Å². The fourth-order valence-electron chi connectivity index (χ4n) is 2.46. The van der Waals surface area contributed by atoms with Crippen molar-refractivity contribution in [3.05, 3.63) is 50.6 Å². The summed E-state index contributed by atoms with van der Waals surface area (Å²) in [4.78, 5) is 2.11. The lowest BCUT2D eigenvalue weighted by Crippen LogP contribution is -2.19. The molecule has 0 spiro atoms. The molecule has 2 heterocycles. The monoisotopic (exact) mass is 328 g/mol. The predicted molar refractivity (Wildman–Crippen MR) is 80.3 cm³/mol. The molecule has 0 amide bonds. The highest BCUT2D eigenvalue weighted by molar-refractivity contribution is 9.10. The van der Waals surface area contributed by atoms with Crippen molar-refractivity contribution in [2.24, 2.45) is 0 Å². The summed E-state index contributed by atoms with van der Waals surface area (Å²) >= 11 is 3.49. The molecule has 4 nitrogen and oxygen atoms in total. The van der Waals surface area contributed by atoms with E-state index in [9.17, 15) is 5.26 Å². The van der Waals surface area contributed by atoms with Gasteiger partial charge in [-0.2, -0.15) is 10.4 Å². The van der Waals surface area contributed by atoms with Crippen molar-refractivity contribution >= 4 is 21.7 Å². The second-order valence-corrected chi connectivity index (χ2v) is 5.91. The molecule has 0 bridgehead atoms. The molecule has 5 heteroatoms. The van der Waals surface area contributed by atoms with Gasteiger partial charge in [0.15, 0.2) is 5.82 Å². The number of nitrogens with zero attached hydrogens (tertiary/aromatic N) is 4. The van der Waals surface area contributed by atoms with Gasteiger partial charge < -0.3 is 4.90 Å². The number of anilines is 1. The van der Waals surface area contributed by atoms with Crippen LogP contribution in [-0.4, -0.2) is 10.2 Å². The van der Waals surface area contributed by atoms with Crippen LogP contribution < -0.4 is 4.90 Å². The Kier molecular flexibility index (Phi) is 3.19. The molecule has 100 valence electrons. The van der Waals surface area contributed by atoms with Gasteiger partial charge in [-0.25, -0.2) is 0 Å². The minimum atomic E-state index is 0.629. The van der Waals surface area contributed by atoms with Crippen molar-refractivity contribution in [1.82, 2.24) is 10.2 Å². The Morgan fingerprint density at radius 3 is 2.70 bits per heavy atom. The zero-order valence-corrected chi connectivity index (χ0v) is 12.9. The van der Waals surface area contributed by atoms with E-state index in [1.807, 2.05) is 19.9 Å². The Morgan fingerprint density at radius 2 is 1.95 bits per heavy atom. The van der Waals surface area contributed by atoms with E-state index in [1.54, 1.807) is 0 Å². The van der Waals surface area contributed by atoms with E-state index >= 15 is 0 Å². The number of fused-ring (bicyclic) bond motifs is 1. The lowest BCUT2D eigenvalue weighted by molar-refractivity contribution is 0.816. The Hall–Kier alpha value is -1.93. The summed E-state index contributed by atoms with van der Waals surface area (Å²) in [5.74, 6) is 0.683. The first-order valence-electron chi connectivity index (χ1n) is 6.36. The third kappa shape index (κ3) is 2.06. The van der Waals surface area contributed by atoms with Crippen LogP contribution >= 0.6 is 15.9 Å². The van der Waals surface area contributed by atoms with Crippen molar-refractivity contribution in [2.75, 3.05) is 4.90 Å². The maximum absolute atomic E-state index is 9.39. The van der Waals surface area contributed by atoms with Gasteiger partial charge in [0.25, 0.3) is 0 Å². The lowest BCUT2D eigenvalue weighted by atomic mass is 10.1. The van der Waals surface area contributed by atoms with Crippen LogP contribution in [0.5, 0.6) is 0 Å². The van der Waals surface area contributed by atoms with Gasteiger partial charge >= 0.3 is 0 Å². The SMILES string of the molecule is Cc1nnc(N2Cc3ccc(Br)cc3C2)c(C#N)c1C. The second-order valence-electron chi connectivity index (χ2n) is 4.99. The fraction of sp³-hybridized carbons (Fsp3) is 0.267. The van der Waals surface area contributed by atoms with Gasteiger partial charge in [-0.05, 0) is 42.7 Å². The van der Waals surface area contributed by atoms with Gasteiger partial charge in [-0.1, -0.05) is 22.0 Å². The van der Waals surface area contributed by atoms with Crippen LogP contribution in [0, 0.1) is 25.2 Å². The number of aromatic nitrogens is 2. The fourth-order valence-corrected chi connectivity index (χ4v) is 2.87. The Morgan fingerprint density at radius 1 is 1.20 bits per heavy atom. The number of hydrogen-bond acceptors (Lipinski definition) is 4. The average molecular weight is 329 g/mol. The van der Waals surface area contributed by atoms with Crippen LogP contribution in [-0.2, 0) is 13.1 Å². The van der Waals surface area contributed by atoms with Crippen molar-refractivity contribution in [3.8, 4) is 6.07 Å². The highest BCUT2D eigenvalue weighted by Crippen LogP contribution is 2.31. The first-order valence-corrected chi connectivity index (χ1v) is 7.15. The summed E-state index contributed by atoms with van der Waals surface area (Å²) in [7, 11) is 0. The van der Waals surface area contributed by atoms with Crippen LogP contribution in [0.25, 0.3) is 0 Å². The Labute approximate surface area is 126 Å². The molecule has 0 aliphatic carbocycles. The zero-order chi connectivity index (χ0) is 14.3. The summed E-state index contributed by atoms with van der Waals surface area (Å²) in [5.41, 5.74) is 4.89. The predicted octanol–water partition coefficient (Wildman–Crippen LogP) is 3.25. The summed E-state index contributed by atoms with van der Waals surface area (Å²) in [6.07, 6.45) is 0. The van der Waals surface area contributed by atoms with Crippen molar-refractivity contribution in [1.29, 1.82) is 5.26 Å². The van der Waals surface area contributed by atoms with Crippen molar-refractivity contribution < 1.29 is 0 Å². The molecule has 20 heavy (non-hydrogen) atoms. The van der Waals surface area contributed by atoms with Gasteiger partial charge in [0.2, 0.25) is 0 Å². The Bertz CT molecular complexity index is 733. The molecule has 1 aliphatic rings. The number of halogens is 1. The second kappa shape index (κ2) is 4.88. The van der Waals surface area contributed by atoms with E-state index in [4.69, 9.17) is 0 Å². The molecule has 0 saturated carbocycles. The molecular weight excluding hydrogens is 316 g/mol. The molecule has 3 rings (SSSR count). The Balaban J connectivity index is 2.02. The van der Waals surface area contributed by atoms with E-state index in [0.717, 1.165) is 28.8 Å². The maximum Gasteiger partial charge on any atom is 0.170 e. The molecule has 1 aromatic carbocycles. The van der Waals surface area contributed by atoms with E-state index in [0.29, 0.717) is 11.4 Å². The molecular formula is C15H13BrN4. The van der Waals surface area contributed by atoms with Gasteiger partial charge in [0.1, 0.15) is 11.6 Å². The third-order valence-electron chi connectivity index (χ3n) is 3.74. The number of nitriles is 1. The first-order chi connectivity index (χ1) is 9.60. The minimum Gasteiger partial charge on any atom is -0.345 e. The van der Waals surface area contributed by atoms with Crippen LogP contribution in [0.2, 0.25) is 0 Å². The largest absolute Gasteiger partial charge is 0.345 e. The number of rotatable bonds is 1. The zero-order valence-electron chi connectivity index (χ0n) is 11.3. The van der Waals surface area contributed by atoms with Crippen molar-refractivity contribution in [2.45, 2.75) is 26.9 Å². The minimum absolute atomic E-state index is 0.629. The molecule has 0 N–H and O–H groups in total. The van der Waals surface area contributed by atoms with E-state index in [2.05, 4.69) is 49.2 Å². The van der Waals surface area contributed by atoms with Gasteiger partial charge in [0.05, 0.1) is 5.69 Å². The number of aryl methyl sites for hydroxylation is 1.